The molecule has 0 heterocycles. The minimum atomic E-state index is -0.689. The van der Waals surface area contributed by atoms with Crippen LogP contribution in [0.25, 0.3) is 0 Å². The molecule has 4 heteroatoms. The van der Waals surface area contributed by atoms with E-state index in [0.717, 1.165) is 24.3 Å². The van der Waals surface area contributed by atoms with Crippen LogP contribution < -0.4 is 0 Å². The minimum Gasteiger partial charge on any atom is -0.260 e. The topological polar surface area (TPSA) is 17.1 Å². The van der Waals surface area contributed by atoms with Gasteiger partial charge in [-0.1, -0.05) is 0 Å². The van der Waals surface area contributed by atoms with Crippen molar-refractivity contribution in [3.63, 3.8) is 0 Å². The summed E-state index contributed by atoms with van der Waals surface area (Å²) >= 11 is 10.8. The third kappa shape index (κ3) is 6.84. The second kappa shape index (κ2) is 7.83. The summed E-state index contributed by atoms with van der Waals surface area (Å²) in [5, 5.41) is 0. The number of alkyl halides is 2. The highest BCUT2D eigenvalue weighted by Crippen LogP contribution is 1.94. The summed E-state index contributed by atoms with van der Waals surface area (Å²) in [4.78, 5) is 0. The van der Waals surface area contributed by atoms with E-state index in [0.29, 0.717) is 11.8 Å². The first kappa shape index (κ1) is 10.7. The molecule has 0 saturated carbocycles. The van der Waals surface area contributed by atoms with Crippen LogP contribution in [0, 0.1) is 0 Å². The van der Waals surface area contributed by atoms with E-state index in [9.17, 15) is 4.21 Å². The Morgan fingerprint density at radius 3 is 1.70 bits per heavy atom. The Labute approximate surface area is 74.5 Å². The Balaban J connectivity index is 3.09. The standard InChI is InChI=1S/C6H12Cl2OS/c7-3-1-5-10(9)6-2-4-8/h1-6H2. The SMILES string of the molecule is O=S(CCCCl)CCCCl. The highest BCUT2D eigenvalue weighted by Gasteiger charge is 1.97. The predicted octanol–water partition coefficient (Wildman–Crippen LogP) is 1.99. The van der Waals surface area contributed by atoms with Crippen molar-refractivity contribution in [1.82, 2.24) is 0 Å². The van der Waals surface area contributed by atoms with E-state index in [-0.39, 0.29) is 0 Å². The highest BCUT2D eigenvalue weighted by atomic mass is 35.5. The molecule has 1 nitrogen and oxygen atoms in total. The first-order valence-corrected chi connectivity index (χ1v) is 5.84. The van der Waals surface area contributed by atoms with Gasteiger partial charge in [-0.25, -0.2) is 0 Å². The Morgan fingerprint density at radius 2 is 1.40 bits per heavy atom. The van der Waals surface area contributed by atoms with Crippen LogP contribution >= 0.6 is 23.2 Å². The van der Waals surface area contributed by atoms with Crippen LogP contribution in [-0.2, 0) is 10.8 Å². The van der Waals surface area contributed by atoms with Gasteiger partial charge in [-0.3, -0.25) is 4.21 Å². The van der Waals surface area contributed by atoms with Crippen molar-refractivity contribution in [1.29, 1.82) is 0 Å². The summed E-state index contributed by atoms with van der Waals surface area (Å²) in [5.41, 5.74) is 0. The molecule has 0 atom stereocenters. The summed E-state index contributed by atoms with van der Waals surface area (Å²) in [7, 11) is -0.689. The van der Waals surface area contributed by atoms with E-state index >= 15 is 0 Å². The zero-order valence-electron chi connectivity index (χ0n) is 5.82. The van der Waals surface area contributed by atoms with Crippen molar-refractivity contribution in [3.05, 3.63) is 0 Å². The quantitative estimate of drug-likeness (QED) is 0.603. The monoisotopic (exact) mass is 202 g/mol. The Kier molecular flexibility index (Phi) is 8.40. The van der Waals surface area contributed by atoms with Gasteiger partial charge < -0.3 is 0 Å². The lowest BCUT2D eigenvalue weighted by atomic mass is 10.6. The summed E-state index contributed by atoms with van der Waals surface area (Å²) in [6.45, 7) is 0. The van der Waals surface area contributed by atoms with E-state index < -0.39 is 10.8 Å². The fourth-order valence-electron chi connectivity index (χ4n) is 0.533. The molecule has 0 aliphatic rings. The third-order valence-electron chi connectivity index (χ3n) is 1.01. The van der Waals surface area contributed by atoms with Crippen molar-refractivity contribution in [2.45, 2.75) is 12.8 Å². The molecular formula is C6H12Cl2OS. The zero-order valence-corrected chi connectivity index (χ0v) is 8.14. The Hall–Kier alpha value is 0.730. The molecule has 62 valence electrons. The second-order valence-electron chi connectivity index (χ2n) is 1.93. The van der Waals surface area contributed by atoms with Crippen LogP contribution in [-0.4, -0.2) is 27.5 Å². The van der Waals surface area contributed by atoms with Gasteiger partial charge >= 0.3 is 0 Å². The third-order valence-corrected chi connectivity index (χ3v) is 3.03. The number of hydrogen-bond acceptors (Lipinski definition) is 1. The van der Waals surface area contributed by atoms with E-state index in [4.69, 9.17) is 23.2 Å². The molecule has 0 aromatic rings. The molecule has 0 radical (unpaired) electrons. The lowest BCUT2D eigenvalue weighted by molar-refractivity contribution is 0.680. The van der Waals surface area contributed by atoms with Crippen molar-refractivity contribution < 1.29 is 4.21 Å². The fourth-order valence-corrected chi connectivity index (χ4v) is 2.25. The lowest BCUT2D eigenvalue weighted by Gasteiger charge is -1.96. The maximum atomic E-state index is 11.0. The molecule has 0 fully saturated rings. The molecule has 0 spiro atoms. The van der Waals surface area contributed by atoms with Gasteiger partial charge in [0.05, 0.1) is 0 Å². The first-order chi connectivity index (χ1) is 4.81. The zero-order chi connectivity index (χ0) is 7.82. The van der Waals surface area contributed by atoms with Crippen molar-refractivity contribution in [2.24, 2.45) is 0 Å². The number of rotatable bonds is 6. The van der Waals surface area contributed by atoms with Crippen LogP contribution in [0.15, 0.2) is 0 Å². The Morgan fingerprint density at radius 1 is 1.00 bits per heavy atom. The van der Waals surface area contributed by atoms with Crippen LogP contribution in [0.1, 0.15) is 12.8 Å². The summed E-state index contributed by atoms with van der Waals surface area (Å²) in [5.74, 6) is 2.65. The second-order valence-corrected chi connectivity index (χ2v) is 4.39. The molecule has 0 amide bonds. The van der Waals surface area contributed by atoms with Crippen LogP contribution in [0.3, 0.4) is 0 Å². The van der Waals surface area contributed by atoms with Crippen LogP contribution in [0.2, 0.25) is 0 Å². The van der Waals surface area contributed by atoms with Crippen molar-refractivity contribution >= 4 is 34.0 Å². The molecule has 0 bridgehead atoms. The molecule has 10 heavy (non-hydrogen) atoms. The molecule has 0 aliphatic heterocycles. The highest BCUT2D eigenvalue weighted by molar-refractivity contribution is 7.84. The van der Waals surface area contributed by atoms with Gasteiger partial charge in [-0.2, -0.15) is 0 Å². The predicted molar refractivity (Wildman–Crippen MR) is 48.6 cm³/mol. The maximum Gasteiger partial charge on any atom is 0.0246 e. The summed E-state index contributed by atoms with van der Waals surface area (Å²) < 4.78 is 11.0. The van der Waals surface area contributed by atoms with Crippen molar-refractivity contribution in [2.75, 3.05) is 23.3 Å². The largest absolute Gasteiger partial charge is 0.260 e. The molecule has 0 unspecified atom stereocenters. The van der Waals surface area contributed by atoms with Gasteiger partial charge in [0.25, 0.3) is 0 Å². The van der Waals surface area contributed by atoms with Gasteiger partial charge in [-0.05, 0) is 12.8 Å². The molecule has 0 saturated heterocycles. The Bertz CT molecular complexity index is 87.7. The average molecular weight is 203 g/mol. The lowest BCUT2D eigenvalue weighted by Crippen LogP contribution is -2.03. The van der Waals surface area contributed by atoms with E-state index in [2.05, 4.69) is 0 Å². The molecule has 0 N–H and O–H groups in total. The van der Waals surface area contributed by atoms with Gasteiger partial charge in [0.15, 0.2) is 0 Å². The summed E-state index contributed by atoms with van der Waals surface area (Å²) in [6.07, 6.45) is 1.69. The number of hydrogen-bond donors (Lipinski definition) is 0. The van der Waals surface area contributed by atoms with Gasteiger partial charge in [0.1, 0.15) is 0 Å². The van der Waals surface area contributed by atoms with Crippen LogP contribution in [0.4, 0.5) is 0 Å². The van der Waals surface area contributed by atoms with E-state index in [1.54, 1.807) is 0 Å². The van der Waals surface area contributed by atoms with Crippen LogP contribution in [0.5, 0.6) is 0 Å². The molecule has 0 aromatic heterocycles. The summed E-state index contributed by atoms with van der Waals surface area (Å²) in [6, 6.07) is 0. The van der Waals surface area contributed by atoms with E-state index in [1.807, 2.05) is 0 Å². The average Bonchev–Trinajstić information content (AvgIpc) is 1.97. The van der Waals surface area contributed by atoms with Gasteiger partial charge in [-0.15, -0.1) is 23.2 Å². The number of halogens is 2. The molecular weight excluding hydrogens is 191 g/mol. The normalized spacial score (nSPS) is 10.7. The maximum absolute atomic E-state index is 11.0. The first-order valence-electron chi connectivity index (χ1n) is 3.28. The fraction of sp³-hybridized carbons (Fsp3) is 1.00. The van der Waals surface area contributed by atoms with E-state index in [1.165, 1.54) is 0 Å². The smallest absolute Gasteiger partial charge is 0.0246 e. The minimum absolute atomic E-state index is 0.604. The molecule has 0 rings (SSSR count). The molecule has 0 aliphatic carbocycles. The van der Waals surface area contributed by atoms with Gasteiger partial charge in [0, 0.05) is 34.1 Å². The molecule has 0 aromatic carbocycles. The van der Waals surface area contributed by atoms with Crippen molar-refractivity contribution in [3.8, 4) is 0 Å². The van der Waals surface area contributed by atoms with Gasteiger partial charge in [0.2, 0.25) is 0 Å².